The van der Waals surface area contributed by atoms with Crippen molar-refractivity contribution in [3.63, 3.8) is 0 Å². The summed E-state index contributed by atoms with van der Waals surface area (Å²) in [5.41, 5.74) is 4.52. The lowest BCUT2D eigenvalue weighted by Gasteiger charge is -1.98. The van der Waals surface area contributed by atoms with Gasteiger partial charge < -0.3 is 5.73 Å². The van der Waals surface area contributed by atoms with Crippen molar-refractivity contribution in [1.82, 2.24) is 0 Å². The van der Waals surface area contributed by atoms with Crippen LogP contribution in [0.15, 0.2) is 18.2 Å². The predicted molar refractivity (Wildman–Crippen MR) is 55.6 cm³/mol. The highest BCUT2D eigenvalue weighted by Crippen LogP contribution is 2.22. The average molecular weight is 227 g/mol. The van der Waals surface area contributed by atoms with Gasteiger partial charge in [0.15, 0.2) is 0 Å². The number of nitrogens with two attached hydrogens (primary N) is 1. The molecule has 0 spiro atoms. The number of hydrogen-bond donors (Lipinski definition) is 1. The minimum atomic E-state index is -0.741. The van der Waals surface area contributed by atoms with Gasteiger partial charge in [-0.1, -0.05) is 12.2 Å². The molecule has 0 bridgehead atoms. The molecule has 15 heavy (non-hydrogen) atoms. The molecule has 1 aromatic carbocycles. The standard InChI is InChI=1S/C7H5N3O4S/c8-7(15)4-1-5(9(11)12)3-6(2-4)10(13)14/h1-3H,(H2,8,15). The molecule has 0 saturated carbocycles. The van der Waals surface area contributed by atoms with Crippen LogP contribution in [0.2, 0.25) is 0 Å². The zero-order valence-electron chi connectivity index (χ0n) is 7.25. The molecule has 0 unspecified atom stereocenters. The van der Waals surface area contributed by atoms with E-state index in [-0.39, 0.29) is 10.6 Å². The van der Waals surface area contributed by atoms with Crippen LogP contribution in [-0.2, 0) is 0 Å². The Bertz CT molecular complexity index is 381. The summed E-state index contributed by atoms with van der Waals surface area (Å²) in [5, 5.41) is 20.9. The van der Waals surface area contributed by atoms with Gasteiger partial charge in [0.25, 0.3) is 11.4 Å². The number of nitro groups is 2. The van der Waals surface area contributed by atoms with E-state index in [4.69, 9.17) is 5.73 Å². The van der Waals surface area contributed by atoms with E-state index in [1.54, 1.807) is 0 Å². The van der Waals surface area contributed by atoms with Gasteiger partial charge in [-0.05, 0) is 0 Å². The van der Waals surface area contributed by atoms with Gasteiger partial charge in [0.05, 0.1) is 15.9 Å². The summed E-state index contributed by atoms with van der Waals surface area (Å²) in [5.74, 6) is 0. The van der Waals surface area contributed by atoms with E-state index in [0.29, 0.717) is 0 Å². The molecule has 1 aromatic rings. The highest BCUT2D eigenvalue weighted by atomic mass is 32.1. The van der Waals surface area contributed by atoms with Crippen LogP contribution in [0.5, 0.6) is 0 Å². The fourth-order valence-corrected chi connectivity index (χ4v) is 1.07. The number of rotatable bonds is 3. The molecule has 2 N–H and O–H groups in total. The van der Waals surface area contributed by atoms with Crippen LogP contribution in [-0.4, -0.2) is 14.8 Å². The van der Waals surface area contributed by atoms with Crippen molar-refractivity contribution in [3.8, 4) is 0 Å². The molecule has 0 aliphatic heterocycles. The monoisotopic (exact) mass is 227 g/mol. The van der Waals surface area contributed by atoms with Gasteiger partial charge in [-0.3, -0.25) is 20.2 Å². The molecule has 8 heteroatoms. The third-order valence-corrected chi connectivity index (χ3v) is 1.84. The molecule has 0 atom stereocenters. The highest BCUT2D eigenvalue weighted by Gasteiger charge is 2.16. The predicted octanol–water partition coefficient (Wildman–Crippen LogP) is 1.14. The van der Waals surface area contributed by atoms with Crippen molar-refractivity contribution >= 4 is 28.6 Å². The highest BCUT2D eigenvalue weighted by molar-refractivity contribution is 7.80. The smallest absolute Gasteiger partial charge is 0.277 e. The Morgan fingerprint density at radius 3 is 1.80 bits per heavy atom. The fourth-order valence-electron chi connectivity index (χ4n) is 0.948. The molecule has 0 aromatic heterocycles. The number of non-ortho nitro benzene ring substituents is 2. The molecule has 0 aliphatic rings. The molecule has 0 saturated heterocycles. The Morgan fingerprint density at radius 2 is 1.53 bits per heavy atom. The molecular weight excluding hydrogens is 222 g/mol. The van der Waals surface area contributed by atoms with Crippen molar-refractivity contribution in [3.05, 3.63) is 44.0 Å². The van der Waals surface area contributed by atoms with Gasteiger partial charge in [-0.15, -0.1) is 0 Å². The average Bonchev–Trinajstić information content (AvgIpc) is 2.16. The van der Waals surface area contributed by atoms with Gasteiger partial charge >= 0.3 is 0 Å². The molecule has 1 rings (SSSR count). The van der Waals surface area contributed by atoms with E-state index < -0.39 is 21.2 Å². The van der Waals surface area contributed by atoms with Gasteiger partial charge in [0.2, 0.25) is 0 Å². The fraction of sp³-hybridized carbons (Fsp3) is 0. The molecule has 0 amide bonds. The summed E-state index contributed by atoms with van der Waals surface area (Å²) in [6.45, 7) is 0. The summed E-state index contributed by atoms with van der Waals surface area (Å²) in [4.78, 5) is 19.3. The third-order valence-electron chi connectivity index (χ3n) is 1.61. The van der Waals surface area contributed by atoms with Crippen LogP contribution in [0.25, 0.3) is 0 Å². The summed E-state index contributed by atoms with van der Waals surface area (Å²) in [6.07, 6.45) is 0. The topological polar surface area (TPSA) is 112 Å². The first-order valence-corrected chi connectivity index (χ1v) is 4.06. The Hall–Kier alpha value is -2.09. The van der Waals surface area contributed by atoms with Gasteiger partial charge in [0, 0.05) is 17.7 Å². The second kappa shape index (κ2) is 3.96. The zero-order valence-corrected chi connectivity index (χ0v) is 8.06. The maximum atomic E-state index is 10.4. The van der Waals surface area contributed by atoms with E-state index >= 15 is 0 Å². The van der Waals surface area contributed by atoms with Crippen LogP contribution >= 0.6 is 12.2 Å². The first kappa shape index (κ1) is 11.0. The number of thiocarbonyl (C=S) groups is 1. The summed E-state index contributed by atoms with van der Waals surface area (Å²) < 4.78 is 0. The molecule has 0 radical (unpaired) electrons. The van der Waals surface area contributed by atoms with E-state index in [9.17, 15) is 20.2 Å². The summed E-state index contributed by atoms with van der Waals surface area (Å²) in [7, 11) is 0. The molecule has 7 nitrogen and oxygen atoms in total. The third kappa shape index (κ3) is 2.44. The van der Waals surface area contributed by atoms with Crippen molar-refractivity contribution in [1.29, 1.82) is 0 Å². The Kier molecular flexibility index (Phi) is 2.90. The van der Waals surface area contributed by atoms with Crippen molar-refractivity contribution in [2.24, 2.45) is 5.73 Å². The zero-order chi connectivity index (χ0) is 11.6. The van der Waals surface area contributed by atoms with E-state index in [0.717, 1.165) is 18.2 Å². The van der Waals surface area contributed by atoms with Gasteiger partial charge in [0.1, 0.15) is 4.99 Å². The molecule has 0 heterocycles. The Morgan fingerprint density at radius 1 is 1.13 bits per heavy atom. The van der Waals surface area contributed by atoms with Crippen LogP contribution in [0.4, 0.5) is 11.4 Å². The quantitative estimate of drug-likeness (QED) is 0.470. The second-order valence-electron chi connectivity index (χ2n) is 2.62. The Balaban J connectivity index is 3.39. The van der Waals surface area contributed by atoms with Crippen LogP contribution in [0, 0.1) is 20.2 Å². The largest absolute Gasteiger partial charge is 0.389 e. The summed E-state index contributed by atoms with van der Waals surface area (Å²) in [6, 6.07) is 3.03. The lowest BCUT2D eigenvalue weighted by molar-refractivity contribution is -0.394. The number of nitro benzene ring substituents is 2. The SMILES string of the molecule is NC(=S)c1cc([N+](=O)[O-])cc([N+](=O)[O-])c1. The normalized spacial score (nSPS) is 9.60. The first-order valence-electron chi connectivity index (χ1n) is 3.65. The Labute approximate surface area is 88.8 Å². The van der Waals surface area contributed by atoms with Crippen molar-refractivity contribution in [2.45, 2.75) is 0 Å². The second-order valence-corrected chi connectivity index (χ2v) is 3.06. The number of hydrogen-bond acceptors (Lipinski definition) is 5. The van der Waals surface area contributed by atoms with Crippen LogP contribution in [0.3, 0.4) is 0 Å². The number of nitrogens with zero attached hydrogens (tertiary/aromatic N) is 2. The van der Waals surface area contributed by atoms with Crippen molar-refractivity contribution < 1.29 is 9.85 Å². The minimum Gasteiger partial charge on any atom is -0.389 e. The lowest BCUT2D eigenvalue weighted by atomic mass is 10.2. The maximum Gasteiger partial charge on any atom is 0.277 e. The van der Waals surface area contributed by atoms with Crippen LogP contribution < -0.4 is 5.73 Å². The lowest BCUT2D eigenvalue weighted by Crippen LogP contribution is -2.10. The number of benzene rings is 1. The van der Waals surface area contributed by atoms with Crippen molar-refractivity contribution in [2.75, 3.05) is 0 Å². The van der Waals surface area contributed by atoms with E-state index in [1.807, 2.05) is 0 Å². The van der Waals surface area contributed by atoms with E-state index in [1.165, 1.54) is 0 Å². The molecule has 78 valence electrons. The van der Waals surface area contributed by atoms with Gasteiger partial charge in [-0.2, -0.15) is 0 Å². The van der Waals surface area contributed by atoms with E-state index in [2.05, 4.69) is 12.2 Å². The molecule has 0 aliphatic carbocycles. The molecular formula is C7H5N3O4S. The minimum absolute atomic E-state index is 0.103. The summed E-state index contributed by atoms with van der Waals surface area (Å²) >= 11 is 4.59. The maximum absolute atomic E-state index is 10.4. The van der Waals surface area contributed by atoms with Gasteiger partial charge in [-0.25, -0.2) is 0 Å². The molecule has 0 fully saturated rings. The first-order chi connectivity index (χ1) is 6.91. The van der Waals surface area contributed by atoms with Crippen LogP contribution in [0.1, 0.15) is 5.56 Å².